The Kier molecular flexibility index (Phi) is 7.44. The van der Waals surface area contributed by atoms with Crippen LogP contribution in [0.4, 0.5) is 10.1 Å². The predicted octanol–water partition coefficient (Wildman–Crippen LogP) is 6.01. The number of ether oxygens (including phenoxy) is 2. The minimum absolute atomic E-state index is 0.00631. The van der Waals surface area contributed by atoms with E-state index in [0.29, 0.717) is 29.4 Å². The summed E-state index contributed by atoms with van der Waals surface area (Å²) in [5.74, 6) is 0.191. The Balaban J connectivity index is 1.14. The van der Waals surface area contributed by atoms with Gasteiger partial charge in [-0.25, -0.2) is 29.0 Å². The molecule has 0 saturated carbocycles. The molecule has 1 aromatic carbocycles. The van der Waals surface area contributed by atoms with E-state index in [1.165, 1.54) is 12.3 Å². The number of rotatable bonds is 9. The third-order valence-corrected chi connectivity index (χ3v) is 7.70. The monoisotopic (exact) mass is 553 g/mol. The van der Waals surface area contributed by atoms with Crippen LogP contribution in [-0.4, -0.2) is 43.3 Å². The number of pyridine rings is 2. The molecule has 1 saturated heterocycles. The van der Waals surface area contributed by atoms with Gasteiger partial charge < -0.3 is 19.1 Å². The van der Waals surface area contributed by atoms with Crippen LogP contribution in [0, 0.1) is 18.3 Å². The minimum Gasteiger partial charge on any atom is -0.477 e. The Labute approximate surface area is 236 Å². The van der Waals surface area contributed by atoms with Crippen molar-refractivity contribution >= 4 is 28.3 Å². The van der Waals surface area contributed by atoms with Crippen LogP contribution in [0.2, 0.25) is 0 Å². The molecule has 1 fully saturated rings. The van der Waals surface area contributed by atoms with Crippen LogP contribution in [0.3, 0.4) is 0 Å². The van der Waals surface area contributed by atoms with Gasteiger partial charge in [0.1, 0.15) is 29.5 Å². The number of aromatic carboxylic acids is 1. The van der Waals surface area contributed by atoms with Crippen LogP contribution < -0.4 is 4.74 Å². The number of imidazole rings is 1. The standard InChI is InChI=1S/C31H28FN5O4/c1-33-22-10-9-21(24(32)14-22)18-41-30-4-2-3-25(36-30)20-7-5-19(6-8-20)13-29-35-27-16-34-26(31(38)39)15-28(27)37(29)17-23-11-12-40-23/h2-4,7,9-10,14-16,19,23H,5-6,8,11-13,17-18H2,(H,38,39)/t19?,23-/m0/s1. The fourth-order valence-corrected chi connectivity index (χ4v) is 5.30. The third kappa shape index (κ3) is 5.81. The molecule has 2 atom stereocenters. The first-order valence-electron chi connectivity index (χ1n) is 13.6. The molecule has 1 aliphatic carbocycles. The van der Waals surface area contributed by atoms with Gasteiger partial charge in [0, 0.05) is 24.7 Å². The van der Waals surface area contributed by atoms with E-state index < -0.39 is 11.8 Å². The van der Waals surface area contributed by atoms with Crippen molar-refractivity contribution in [1.82, 2.24) is 19.5 Å². The van der Waals surface area contributed by atoms with Crippen LogP contribution in [0.5, 0.6) is 5.88 Å². The first-order chi connectivity index (χ1) is 20.0. The highest BCUT2D eigenvalue weighted by Gasteiger charge is 2.25. The number of fused-ring (bicyclic) bond motifs is 1. The van der Waals surface area contributed by atoms with Crippen LogP contribution in [0.15, 0.2) is 54.7 Å². The molecule has 10 heteroatoms. The molecule has 1 aliphatic heterocycles. The van der Waals surface area contributed by atoms with Crippen molar-refractivity contribution in [2.24, 2.45) is 5.92 Å². The molecule has 1 N–H and O–H groups in total. The Morgan fingerprint density at radius 2 is 2.10 bits per heavy atom. The summed E-state index contributed by atoms with van der Waals surface area (Å²) in [7, 11) is 0. The zero-order chi connectivity index (χ0) is 28.3. The van der Waals surface area contributed by atoms with Crippen molar-refractivity contribution in [3.05, 3.63) is 94.7 Å². The maximum absolute atomic E-state index is 14.2. The number of benzene rings is 1. The van der Waals surface area contributed by atoms with Gasteiger partial charge in [-0.05, 0) is 55.4 Å². The van der Waals surface area contributed by atoms with Gasteiger partial charge in [0.25, 0.3) is 0 Å². The molecule has 0 spiro atoms. The van der Waals surface area contributed by atoms with Gasteiger partial charge in [-0.15, -0.1) is 0 Å². The molecule has 208 valence electrons. The quantitative estimate of drug-likeness (QED) is 0.253. The van der Waals surface area contributed by atoms with E-state index in [9.17, 15) is 14.3 Å². The van der Waals surface area contributed by atoms with E-state index in [4.69, 9.17) is 21.0 Å². The maximum atomic E-state index is 14.2. The first kappa shape index (κ1) is 26.6. The summed E-state index contributed by atoms with van der Waals surface area (Å²) >= 11 is 0. The van der Waals surface area contributed by atoms with E-state index in [1.54, 1.807) is 24.3 Å². The summed E-state index contributed by atoms with van der Waals surface area (Å²) in [5, 5.41) is 9.43. The lowest BCUT2D eigenvalue weighted by Crippen LogP contribution is -2.32. The fourth-order valence-electron chi connectivity index (χ4n) is 5.30. The summed E-state index contributed by atoms with van der Waals surface area (Å²) in [6.45, 7) is 8.43. The molecule has 9 nitrogen and oxygen atoms in total. The average molecular weight is 554 g/mol. The topological polar surface area (TPSA) is 104 Å². The van der Waals surface area contributed by atoms with E-state index >= 15 is 0 Å². The van der Waals surface area contributed by atoms with Gasteiger partial charge in [0.05, 0.1) is 36.6 Å². The SMILES string of the molecule is [C-]#[N+]c1ccc(COc2cccc(C3=CCC(Cc4nc5cnc(C(=O)O)cc5n4C[C@@H]4CCO4)CC3)n2)c(F)c1. The van der Waals surface area contributed by atoms with Crippen molar-refractivity contribution < 1.29 is 23.8 Å². The molecular weight excluding hydrogens is 525 g/mol. The molecule has 4 heterocycles. The van der Waals surface area contributed by atoms with Crippen molar-refractivity contribution in [3.63, 3.8) is 0 Å². The third-order valence-electron chi connectivity index (χ3n) is 7.70. The molecule has 0 amide bonds. The fraction of sp³-hybridized carbons (Fsp3) is 0.323. The van der Waals surface area contributed by atoms with E-state index in [0.717, 1.165) is 61.3 Å². The Bertz CT molecular complexity index is 1690. The number of hydrogen-bond donors (Lipinski definition) is 1. The predicted molar refractivity (Wildman–Crippen MR) is 149 cm³/mol. The zero-order valence-corrected chi connectivity index (χ0v) is 22.3. The average Bonchev–Trinajstić information content (AvgIpc) is 3.30. The molecule has 0 bridgehead atoms. The molecule has 6 rings (SSSR count). The highest BCUT2D eigenvalue weighted by molar-refractivity contribution is 5.90. The molecule has 4 aromatic rings. The van der Waals surface area contributed by atoms with Gasteiger partial charge in [0.2, 0.25) is 5.88 Å². The molecular formula is C31H28FN5O4. The summed E-state index contributed by atoms with van der Waals surface area (Å²) in [6.07, 6.45) is 8.28. The second kappa shape index (κ2) is 11.5. The van der Waals surface area contributed by atoms with Gasteiger partial charge in [-0.2, -0.15) is 0 Å². The summed E-state index contributed by atoms with van der Waals surface area (Å²) < 4.78 is 27.8. The van der Waals surface area contributed by atoms with Crippen molar-refractivity contribution in [2.75, 3.05) is 6.61 Å². The Morgan fingerprint density at radius 3 is 2.80 bits per heavy atom. The highest BCUT2D eigenvalue weighted by atomic mass is 19.1. The smallest absolute Gasteiger partial charge is 0.354 e. The number of halogens is 1. The Morgan fingerprint density at radius 1 is 1.22 bits per heavy atom. The minimum atomic E-state index is -1.06. The number of hydrogen-bond acceptors (Lipinski definition) is 6. The van der Waals surface area contributed by atoms with Crippen molar-refractivity contribution in [3.8, 4) is 5.88 Å². The molecule has 2 aliphatic rings. The van der Waals surface area contributed by atoms with Gasteiger partial charge >= 0.3 is 5.97 Å². The Hall–Kier alpha value is -4.62. The lowest BCUT2D eigenvalue weighted by Gasteiger charge is -2.28. The number of allylic oxidation sites excluding steroid dienone is 2. The molecule has 1 unspecified atom stereocenters. The second-order valence-corrected chi connectivity index (χ2v) is 10.4. The number of carboxylic acid groups (broad SMARTS) is 1. The normalized spacial score (nSPS) is 18.4. The molecule has 3 aromatic heterocycles. The van der Waals surface area contributed by atoms with Crippen molar-refractivity contribution in [1.29, 1.82) is 0 Å². The van der Waals surface area contributed by atoms with Crippen LogP contribution in [0.25, 0.3) is 21.5 Å². The molecule has 41 heavy (non-hydrogen) atoms. The van der Waals surface area contributed by atoms with Gasteiger partial charge in [0.15, 0.2) is 5.69 Å². The van der Waals surface area contributed by atoms with Crippen LogP contribution in [-0.2, 0) is 24.3 Å². The first-order valence-corrected chi connectivity index (χ1v) is 13.6. The van der Waals surface area contributed by atoms with Crippen LogP contribution in [0.1, 0.15) is 53.3 Å². The highest BCUT2D eigenvalue weighted by Crippen LogP contribution is 2.33. The zero-order valence-electron chi connectivity index (χ0n) is 22.3. The van der Waals surface area contributed by atoms with E-state index in [1.807, 2.05) is 12.1 Å². The maximum Gasteiger partial charge on any atom is 0.354 e. The lowest BCUT2D eigenvalue weighted by atomic mass is 9.86. The summed E-state index contributed by atoms with van der Waals surface area (Å²) in [4.78, 5) is 28.3. The van der Waals surface area contributed by atoms with Gasteiger partial charge in [-0.1, -0.05) is 24.3 Å². The largest absolute Gasteiger partial charge is 0.477 e. The lowest BCUT2D eigenvalue weighted by molar-refractivity contribution is -0.0590. The molecule has 0 radical (unpaired) electrons. The number of nitrogens with zero attached hydrogens (tertiary/aromatic N) is 5. The van der Waals surface area contributed by atoms with Crippen molar-refractivity contribution in [2.45, 2.75) is 51.4 Å². The summed E-state index contributed by atoms with van der Waals surface area (Å²) in [6, 6.07) is 11.5. The van der Waals surface area contributed by atoms with E-state index in [2.05, 4.69) is 25.5 Å². The van der Waals surface area contributed by atoms with E-state index in [-0.39, 0.29) is 24.1 Å². The number of aromatic nitrogens is 4. The number of carbonyl (C=O) groups is 1. The summed E-state index contributed by atoms with van der Waals surface area (Å²) in [5.41, 5.74) is 4.08. The second-order valence-electron chi connectivity index (χ2n) is 10.4. The van der Waals surface area contributed by atoms with Crippen LogP contribution >= 0.6 is 0 Å². The number of carboxylic acids is 1. The van der Waals surface area contributed by atoms with Gasteiger partial charge in [-0.3, -0.25) is 0 Å².